The Morgan fingerprint density at radius 2 is 1.77 bits per heavy atom. The van der Waals surface area contributed by atoms with Crippen LogP contribution in [-0.2, 0) is 14.6 Å². The molecule has 1 aliphatic carbocycles. The predicted molar refractivity (Wildman–Crippen MR) is 118 cm³/mol. The van der Waals surface area contributed by atoms with Gasteiger partial charge in [-0.1, -0.05) is 19.3 Å². The third-order valence-electron chi connectivity index (χ3n) is 6.87. The van der Waals surface area contributed by atoms with Gasteiger partial charge in [0.2, 0.25) is 5.91 Å². The molecule has 0 bridgehead atoms. The first-order valence-corrected chi connectivity index (χ1v) is 13.2. The number of amides is 1. The van der Waals surface area contributed by atoms with Crippen molar-refractivity contribution in [2.24, 2.45) is 0 Å². The second kappa shape index (κ2) is 8.86. The highest BCUT2D eigenvalue weighted by atomic mass is 32.2. The lowest BCUT2D eigenvalue weighted by Gasteiger charge is -2.36. The summed E-state index contributed by atoms with van der Waals surface area (Å²) in [7, 11) is -2.94. The number of hydrogen-bond acceptors (Lipinski definition) is 6. The number of nitrogens with zero attached hydrogens (tertiary/aromatic N) is 4. The number of hydrogen-bond donors (Lipinski definition) is 1. The Bertz CT molecular complexity index is 867. The highest BCUT2D eigenvalue weighted by Crippen LogP contribution is 2.31. The lowest BCUT2D eigenvalue weighted by Crippen LogP contribution is -2.51. The molecular weight excluding hydrogens is 402 g/mol. The smallest absolute Gasteiger partial charge is 0.234 e. The summed E-state index contributed by atoms with van der Waals surface area (Å²) in [6, 6.07) is 0.315. The highest BCUT2D eigenvalue weighted by molar-refractivity contribution is 7.91. The van der Waals surface area contributed by atoms with E-state index in [4.69, 9.17) is 5.10 Å². The molecule has 9 heteroatoms. The first-order valence-electron chi connectivity index (χ1n) is 11.4. The molecule has 1 atom stereocenters. The topological polar surface area (TPSA) is 87.5 Å². The molecule has 30 heavy (non-hydrogen) atoms. The zero-order valence-electron chi connectivity index (χ0n) is 18.3. The van der Waals surface area contributed by atoms with E-state index >= 15 is 0 Å². The molecule has 8 nitrogen and oxygen atoms in total. The van der Waals surface area contributed by atoms with Gasteiger partial charge in [-0.2, -0.15) is 5.10 Å². The Morgan fingerprint density at radius 3 is 2.40 bits per heavy atom. The minimum Gasteiger partial charge on any atom is -0.366 e. The van der Waals surface area contributed by atoms with Crippen LogP contribution in [0.2, 0.25) is 0 Å². The largest absolute Gasteiger partial charge is 0.366 e. The number of anilines is 1. The van der Waals surface area contributed by atoms with E-state index in [9.17, 15) is 13.2 Å². The summed E-state index contributed by atoms with van der Waals surface area (Å²) in [6.07, 6.45) is 6.62. The molecule has 1 unspecified atom stereocenters. The zero-order valence-corrected chi connectivity index (χ0v) is 19.1. The fourth-order valence-corrected chi connectivity index (χ4v) is 6.98. The van der Waals surface area contributed by atoms with Crippen LogP contribution in [-0.4, -0.2) is 79.3 Å². The van der Waals surface area contributed by atoms with Crippen molar-refractivity contribution >= 4 is 21.4 Å². The maximum Gasteiger partial charge on any atom is 0.234 e. The number of aromatic nitrogens is 2. The van der Waals surface area contributed by atoms with Gasteiger partial charge in [0.05, 0.1) is 41.2 Å². The van der Waals surface area contributed by atoms with Crippen molar-refractivity contribution in [1.29, 1.82) is 0 Å². The summed E-state index contributed by atoms with van der Waals surface area (Å²) in [6.45, 7) is 7.93. The molecule has 0 radical (unpaired) electrons. The average Bonchev–Trinajstić information content (AvgIpc) is 3.21. The van der Waals surface area contributed by atoms with Gasteiger partial charge >= 0.3 is 0 Å². The molecule has 4 rings (SSSR count). The first-order chi connectivity index (χ1) is 14.3. The molecule has 1 aromatic rings. The summed E-state index contributed by atoms with van der Waals surface area (Å²) in [5, 5.41) is 7.91. The molecule has 0 spiro atoms. The van der Waals surface area contributed by atoms with Crippen LogP contribution in [0.1, 0.15) is 56.0 Å². The lowest BCUT2D eigenvalue weighted by molar-refractivity contribution is -0.123. The number of aryl methyl sites for hydroxylation is 1. The quantitative estimate of drug-likeness (QED) is 0.750. The third kappa shape index (κ3) is 4.82. The number of sulfone groups is 1. The van der Waals surface area contributed by atoms with Gasteiger partial charge in [-0.05, 0) is 33.1 Å². The molecule has 1 saturated carbocycles. The van der Waals surface area contributed by atoms with Crippen LogP contribution in [0.25, 0.3) is 0 Å². The van der Waals surface area contributed by atoms with Crippen molar-refractivity contribution in [3.05, 3.63) is 11.4 Å². The van der Waals surface area contributed by atoms with Crippen LogP contribution < -0.4 is 10.2 Å². The molecule has 3 fully saturated rings. The monoisotopic (exact) mass is 437 g/mol. The number of carbonyl (C=O) groups excluding carboxylic acids is 1. The van der Waals surface area contributed by atoms with E-state index in [0.717, 1.165) is 56.1 Å². The second-order valence-electron chi connectivity index (χ2n) is 9.19. The van der Waals surface area contributed by atoms with E-state index in [0.29, 0.717) is 19.0 Å². The maximum absolute atomic E-state index is 12.4. The van der Waals surface area contributed by atoms with Gasteiger partial charge in [-0.3, -0.25) is 14.4 Å². The van der Waals surface area contributed by atoms with E-state index in [1.807, 2.05) is 18.5 Å². The van der Waals surface area contributed by atoms with Crippen LogP contribution in [0, 0.1) is 13.8 Å². The van der Waals surface area contributed by atoms with E-state index in [1.54, 1.807) is 0 Å². The minimum absolute atomic E-state index is 0.0489. The fourth-order valence-electron chi connectivity index (χ4n) is 5.29. The predicted octanol–water partition coefficient (Wildman–Crippen LogP) is 1.43. The third-order valence-corrected chi connectivity index (χ3v) is 8.62. The summed E-state index contributed by atoms with van der Waals surface area (Å²) >= 11 is 0. The summed E-state index contributed by atoms with van der Waals surface area (Å²) in [5.41, 5.74) is 3.14. The molecule has 1 N–H and O–H groups in total. The van der Waals surface area contributed by atoms with Crippen molar-refractivity contribution in [1.82, 2.24) is 20.0 Å². The molecule has 0 aromatic carbocycles. The van der Waals surface area contributed by atoms with E-state index < -0.39 is 9.84 Å². The van der Waals surface area contributed by atoms with Crippen LogP contribution >= 0.6 is 0 Å². The van der Waals surface area contributed by atoms with Crippen LogP contribution in [0.15, 0.2) is 0 Å². The molecule has 2 aliphatic heterocycles. The van der Waals surface area contributed by atoms with E-state index in [1.165, 1.54) is 19.3 Å². The molecule has 1 aromatic heterocycles. The zero-order chi connectivity index (χ0) is 21.3. The Kier molecular flexibility index (Phi) is 6.39. The molecule has 1 amide bonds. The molecule has 3 aliphatic rings. The fraction of sp³-hybridized carbons (Fsp3) is 0.810. The minimum atomic E-state index is -2.94. The van der Waals surface area contributed by atoms with Crippen LogP contribution in [0.4, 0.5) is 5.69 Å². The Balaban J connectivity index is 1.32. The number of piperazine rings is 1. The Morgan fingerprint density at radius 1 is 1.07 bits per heavy atom. The van der Waals surface area contributed by atoms with Crippen LogP contribution in [0.5, 0.6) is 0 Å². The number of rotatable bonds is 5. The van der Waals surface area contributed by atoms with E-state index in [-0.39, 0.29) is 23.5 Å². The van der Waals surface area contributed by atoms with Gasteiger partial charge in [0, 0.05) is 32.2 Å². The summed E-state index contributed by atoms with van der Waals surface area (Å²) in [5.74, 6) is 0.601. The molecule has 168 valence electrons. The maximum atomic E-state index is 12.4. The van der Waals surface area contributed by atoms with Crippen molar-refractivity contribution in [3.8, 4) is 0 Å². The number of carbonyl (C=O) groups is 1. The van der Waals surface area contributed by atoms with Crippen molar-refractivity contribution in [2.45, 2.75) is 64.5 Å². The van der Waals surface area contributed by atoms with Gasteiger partial charge in [-0.25, -0.2) is 8.42 Å². The van der Waals surface area contributed by atoms with Gasteiger partial charge in [0.1, 0.15) is 0 Å². The summed E-state index contributed by atoms with van der Waals surface area (Å²) in [4.78, 5) is 17.0. The highest BCUT2D eigenvalue weighted by Gasteiger charge is 2.33. The normalized spacial score (nSPS) is 25.5. The van der Waals surface area contributed by atoms with Gasteiger partial charge in [-0.15, -0.1) is 0 Å². The molecule has 2 saturated heterocycles. The SMILES string of the molecule is Cc1nn(C2CCS(=O)(=O)C2)c(C)c1N1CCN(CC(=O)NC2CCCCC2)CC1. The Hall–Kier alpha value is -1.61. The average molecular weight is 438 g/mol. The van der Waals surface area contributed by atoms with Crippen LogP contribution in [0.3, 0.4) is 0 Å². The van der Waals surface area contributed by atoms with Crippen molar-refractivity contribution in [3.63, 3.8) is 0 Å². The molecule has 3 heterocycles. The molecular formula is C21H35N5O3S. The first kappa shape index (κ1) is 21.6. The van der Waals surface area contributed by atoms with Gasteiger partial charge in [0.15, 0.2) is 9.84 Å². The summed E-state index contributed by atoms with van der Waals surface area (Å²) < 4.78 is 25.7. The van der Waals surface area contributed by atoms with Crippen molar-refractivity contribution in [2.75, 3.05) is 49.1 Å². The van der Waals surface area contributed by atoms with Crippen molar-refractivity contribution < 1.29 is 13.2 Å². The van der Waals surface area contributed by atoms with E-state index in [2.05, 4.69) is 15.1 Å². The van der Waals surface area contributed by atoms with Gasteiger partial charge in [0.25, 0.3) is 0 Å². The lowest BCUT2D eigenvalue weighted by atomic mass is 9.95. The standard InChI is InChI=1S/C21H35N5O3S/c1-16-21(17(2)26(23-16)19-8-13-30(28,29)15-19)25-11-9-24(10-12-25)14-20(27)22-18-6-4-3-5-7-18/h18-19H,3-15H2,1-2H3,(H,22,27). The Labute approximate surface area is 179 Å². The number of nitrogens with one attached hydrogen (secondary N) is 1. The van der Waals surface area contributed by atoms with Gasteiger partial charge < -0.3 is 10.2 Å². The second-order valence-corrected chi connectivity index (χ2v) is 11.4.